The van der Waals surface area contributed by atoms with Crippen LogP contribution in [-0.2, 0) is 14.9 Å². The normalized spacial score (nSPS) is 18.6. The Morgan fingerprint density at radius 2 is 1.09 bits per heavy atom. The lowest BCUT2D eigenvalue weighted by Gasteiger charge is -2.26. The van der Waals surface area contributed by atoms with E-state index in [2.05, 4.69) is 79.7 Å². The number of epoxide rings is 2. The Morgan fingerprint density at radius 1 is 0.660 bits per heavy atom. The van der Waals surface area contributed by atoms with Crippen LogP contribution in [0.2, 0.25) is 0 Å². The monoisotopic (exact) mass is 657 g/mol. The first kappa shape index (κ1) is 41.0. The highest BCUT2D eigenvalue weighted by molar-refractivity contribution is 5.41. The molecule has 2 aliphatic heterocycles. The molecule has 47 heavy (non-hydrogen) atoms. The Bertz CT molecular complexity index is 1050. The van der Waals surface area contributed by atoms with Crippen LogP contribution in [0.3, 0.4) is 0 Å². The second kappa shape index (κ2) is 19.7. The van der Waals surface area contributed by atoms with Crippen molar-refractivity contribution >= 4 is 0 Å². The van der Waals surface area contributed by atoms with Crippen molar-refractivity contribution < 1.29 is 18.9 Å². The third-order valence-corrected chi connectivity index (χ3v) is 9.07. The maximum atomic E-state index is 5.72. The number of nitrogens with two attached hydrogens (primary N) is 4. The van der Waals surface area contributed by atoms with Gasteiger partial charge >= 0.3 is 0 Å². The first-order valence-corrected chi connectivity index (χ1v) is 17.6. The highest BCUT2D eigenvalue weighted by Crippen LogP contribution is 2.34. The van der Waals surface area contributed by atoms with Crippen LogP contribution in [-0.4, -0.2) is 64.8 Å². The number of ether oxygens (including phenoxy) is 4. The molecule has 268 valence electrons. The molecule has 0 bridgehead atoms. The van der Waals surface area contributed by atoms with Gasteiger partial charge in [0.05, 0.1) is 13.2 Å². The number of hydrogen-bond donors (Lipinski definition) is 4. The van der Waals surface area contributed by atoms with Crippen molar-refractivity contribution in [2.24, 2.45) is 45.6 Å². The second-order valence-electron chi connectivity index (χ2n) is 15.7. The number of rotatable bonds is 18. The minimum absolute atomic E-state index is 0.0870. The summed E-state index contributed by atoms with van der Waals surface area (Å²) in [4.78, 5) is 0. The fourth-order valence-electron chi connectivity index (χ4n) is 5.74. The van der Waals surface area contributed by atoms with Gasteiger partial charge in [-0.3, -0.25) is 0 Å². The van der Waals surface area contributed by atoms with Crippen LogP contribution in [0.5, 0.6) is 11.5 Å². The first-order chi connectivity index (χ1) is 22.1. The van der Waals surface area contributed by atoms with E-state index in [0.717, 1.165) is 63.7 Å². The van der Waals surface area contributed by atoms with Gasteiger partial charge in [0.25, 0.3) is 0 Å². The molecule has 2 fully saturated rings. The Labute approximate surface area is 286 Å². The molecule has 0 aromatic heterocycles. The molecule has 4 rings (SSSR count). The van der Waals surface area contributed by atoms with Gasteiger partial charge in [-0.1, -0.05) is 79.7 Å². The molecule has 8 N–H and O–H groups in total. The minimum Gasteiger partial charge on any atom is -0.491 e. The third kappa shape index (κ3) is 16.6. The van der Waals surface area contributed by atoms with Crippen LogP contribution in [0.25, 0.3) is 0 Å². The van der Waals surface area contributed by atoms with Gasteiger partial charge in [0, 0.05) is 5.41 Å². The summed E-state index contributed by atoms with van der Waals surface area (Å²) in [5.41, 5.74) is 25.2. The summed E-state index contributed by atoms with van der Waals surface area (Å²) in [5.74, 6) is 3.11. The Morgan fingerprint density at radius 3 is 1.43 bits per heavy atom. The van der Waals surface area contributed by atoms with Crippen molar-refractivity contribution in [3.63, 3.8) is 0 Å². The summed E-state index contributed by atoms with van der Waals surface area (Å²) in [6, 6.07) is 16.7. The van der Waals surface area contributed by atoms with Gasteiger partial charge in [0.2, 0.25) is 0 Å². The lowest BCUT2D eigenvalue weighted by atomic mass is 9.78. The standard InChI is InChI=1S/C21H24O4.2C9H22N2/c1-21(2,15-3-7-17(8-4-15)22-11-19-13-24-19)16-5-9-18(10-6-16)23-12-20-14-25-20;1-8(7-11)6-9(2,3)4-5-10;1-8(4-5-10)6-9(2,3)7-11/h3-10,19-20H,11-14H2,1-2H3;2*8H,4-7,10-11H2,1-3H3. The fraction of sp³-hybridized carbons (Fsp3) is 0.692. The summed E-state index contributed by atoms with van der Waals surface area (Å²) in [7, 11) is 0. The van der Waals surface area contributed by atoms with Crippen molar-refractivity contribution in [1.82, 2.24) is 0 Å². The first-order valence-electron chi connectivity index (χ1n) is 17.6. The molecule has 2 heterocycles. The molecule has 2 aromatic rings. The van der Waals surface area contributed by atoms with E-state index in [1.54, 1.807) is 0 Å². The van der Waals surface area contributed by atoms with E-state index in [0.29, 0.717) is 30.5 Å². The minimum atomic E-state index is -0.0870. The molecular formula is C39H68N4O4. The molecule has 4 atom stereocenters. The Hall–Kier alpha value is -2.20. The van der Waals surface area contributed by atoms with Gasteiger partial charge in [0.15, 0.2) is 0 Å². The summed E-state index contributed by atoms with van der Waals surface area (Å²) < 4.78 is 21.8. The average molecular weight is 657 g/mol. The van der Waals surface area contributed by atoms with Gasteiger partial charge in [-0.05, 0) is 110 Å². The zero-order chi connectivity index (χ0) is 35.1. The van der Waals surface area contributed by atoms with Crippen LogP contribution in [0, 0.1) is 22.7 Å². The van der Waals surface area contributed by atoms with E-state index in [9.17, 15) is 0 Å². The van der Waals surface area contributed by atoms with Crippen LogP contribution in [0.1, 0.15) is 92.2 Å². The van der Waals surface area contributed by atoms with Gasteiger partial charge < -0.3 is 41.9 Å². The van der Waals surface area contributed by atoms with Crippen LogP contribution < -0.4 is 32.4 Å². The van der Waals surface area contributed by atoms with Crippen molar-refractivity contribution in [1.29, 1.82) is 0 Å². The predicted octanol–water partition coefficient (Wildman–Crippen LogP) is 6.26. The van der Waals surface area contributed by atoms with E-state index in [1.807, 2.05) is 24.3 Å². The van der Waals surface area contributed by atoms with Crippen molar-refractivity contribution in [2.75, 3.05) is 52.6 Å². The lowest BCUT2D eigenvalue weighted by molar-refractivity contribution is 0.263. The Balaban J connectivity index is 0.000000293. The van der Waals surface area contributed by atoms with Crippen molar-refractivity contribution in [3.05, 3.63) is 59.7 Å². The maximum Gasteiger partial charge on any atom is 0.119 e. The summed E-state index contributed by atoms with van der Waals surface area (Å²) in [5, 5.41) is 0. The molecule has 2 aromatic carbocycles. The molecule has 0 saturated carbocycles. The van der Waals surface area contributed by atoms with Gasteiger partial charge in [-0.2, -0.15) is 0 Å². The zero-order valence-corrected chi connectivity index (χ0v) is 30.9. The molecule has 0 aliphatic carbocycles. The molecule has 8 nitrogen and oxygen atoms in total. The van der Waals surface area contributed by atoms with Gasteiger partial charge in [0.1, 0.15) is 36.9 Å². The fourth-order valence-corrected chi connectivity index (χ4v) is 5.74. The molecule has 8 heteroatoms. The predicted molar refractivity (Wildman–Crippen MR) is 196 cm³/mol. The topological polar surface area (TPSA) is 148 Å². The van der Waals surface area contributed by atoms with Gasteiger partial charge in [-0.15, -0.1) is 0 Å². The molecule has 0 amide bonds. The van der Waals surface area contributed by atoms with Crippen molar-refractivity contribution in [3.8, 4) is 11.5 Å². The van der Waals surface area contributed by atoms with E-state index >= 15 is 0 Å². The largest absolute Gasteiger partial charge is 0.491 e. The van der Waals surface area contributed by atoms with Crippen LogP contribution in [0.4, 0.5) is 0 Å². The summed E-state index contributed by atoms with van der Waals surface area (Å²) in [6.07, 6.45) is 5.13. The summed E-state index contributed by atoms with van der Waals surface area (Å²) in [6.45, 7) is 23.9. The van der Waals surface area contributed by atoms with Crippen LogP contribution in [0.15, 0.2) is 48.5 Å². The molecule has 4 unspecified atom stereocenters. The van der Waals surface area contributed by atoms with Crippen molar-refractivity contribution in [2.45, 2.75) is 98.7 Å². The molecule has 0 radical (unpaired) electrons. The molecule has 2 saturated heterocycles. The third-order valence-electron chi connectivity index (χ3n) is 9.07. The molecular weight excluding hydrogens is 588 g/mol. The van der Waals surface area contributed by atoms with E-state index < -0.39 is 0 Å². The second-order valence-corrected chi connectivity index (χ2v) is 15.7. The van der Waals surface area contributed by atoms with E-state index in [1.165, 1.54) is 24.0 Å². The Kier molecular flexibility index (Phi) is 17.2. The van der Waals surface area contributed by atoms with E-state index in [4.69, 9.17) is 41.9 Å². The quantitative estimate of drug-likeness (QED) is 0.138. The van der Waals surface area contributed by atoms with Gasteiger partial charge in [-0.25, -0.2) is 0 Å². The molecule has 2 aliphatic rings. The summed E-state index contributed by atoms with van der Waals surface area (Å²) >= 11 is 0. The maximum absolute atomic E-state index is 5.72. The lowest BCUT2D eigenvalue weighted by Crippen LogP contribution is -2.26. The van der Waals surface area contributed by atoms with Crippen LogP contribution >= 0.6 is 0 Å². The number of benzene rings is 2. The highest BCUT2D eigenvalue weighted by atomic mass is 16.6. The highest BCUT2D eigenvalue weighted by Gasteiger charge is 2.26. The SMILES string of the molecule is CC(C)(c1ccc(OCC2CO2)cc1)c1ccc(OCC2CO2)cc1.CC(CCN)CC(C)(C)CN.CC(CN)CC(C)(C)CCN. The molecule has 0 spiro atoms. The van der Waals surface area contributed by atoms with E-state index in [-0.39, 0.29) is 23.0 Å². The zero-order valence-electron chi connectivity index (χ0n) is 30.9. The average Bonchev–Trinajstić information content (AvgIpc) is 3.96. The number of hydrogen-bond acceptors (Lipinski definition) is 8. The smallest absolute Gasteiger partial charge is 0.119 e.